The number of nitrogens with zero attached hydrogens (tertiary/aromatic N) is 1. The van der Waals surface area contributed by atoms with E-state index >= 15 is 0 Å². The lowest BCUT2D eigenvalue weighted by Gasteiger charge is -2.23. The Morgan fingerprint density at radius 1 is 1.20 bits per heavy atom. The van der Waals surface area contributed by atoms with Crippen molar-refractivity contribution >= 4 is 22.7 Å². The smallest absolute Gasteiger partial charge is 0.0981 e. The van der Waals surface area contributed by atoms with Crippen molar-refractivity contribution in [3.05, 3.63) is 38.5 Å². The molecule has 0 aliphatic carbocycles. The number of aromatic nitrogens is 1. The van der Waals surface area contributed by atoms with Crippen LogP contribution in [0.15, 0.2) is 23.7 Å². The van der Waals surface area contributed by atoms with Gasteiger partial charge in [-0.2, -0.15) is 0 Å². The summed E-state index contributed by atoms with van der Waals surface area (Å²) in [5.74, 6) is 0. The Balaban J connectivity index is 1.89. The van der Waals surface area contributed by atoms with Crippen molar-refractivity contribution in [2.45, 2.75) is 52.0 Å². The molecule has 0 aliphatic heterocycles. The number of rotatable bonds is 5. The van der Waals surface area contributed by atoms with Gasteiger partial charge in [0.2, 0.25) is 0 Å². The van der Waals surface area contributed by atoms with Crippen molar-refractivity contribution in [2.24, 2.45) is 0 Å². The van der Waals surface area contributed by atoms with Crippen LogP contribution < -0.4 is 5.32 Å². The van der Waals surface area contributed by atoms with Crippen LogP contribution in [-0.2, 0) is 17.4 Å². The molecule has 0 saturated heterocycles. The van der Waals surface area contributed by atoms with E-state index in [9.17, 15) is 0 Å². The number of hydrogen-bond acceptors (Lipinski definition) is 4. The molecular weight excluding hydrogens is 284 g/mol. The third-order valence-corrected chi connectivity index (χ3v) is 5.91. The van der Waals surface area contributed by atoms with Crippen LogP contribution in [0.4, 0.5) is 0 Å². The lowest BCUT2D eigenvalue weighted by atomic mass is 9.91. The fourth-order valence-corrected chi connectivity index (χ4v) is 3.78. The van der Waals surface area contributed by atoms with Crippen LogP contribution in [0.2, 0.25) is 0 Å². The van der Waals surface area contributed by atoms with Gasteiger partial charge in [0.15, 0.2) is 0 Å². The summed E-state index contributed by atoms with van der Waals surface area (Å²) in [6.45, 7) is 13.1. The summed E-state index contributed by atoms with van der Waals surface area (Å²) in [6.07, 6.45) is 2.01. The molecule has 20 heavy (non-hydrogen) atoms. The van der Waals surface area contributed by atoms with Gasteiger partial charge in [-0.15, -0.1) is 22.7 Å². The summed E-state index contributed by atoms with van der Waals surface area (Å²) >= 11 is 3.65. The van der Waals surface area contributed by atoms with Crippen molar-refractivity contribution in [3.8, 4) is 0 Å². The van der Waals surface area contributed by atoms with Crippen LogP contribution in [0.25, 0.3) is 0 Å². The van der Waals surface area contributed by atoms with Crippen molar-refractivity contribution in [1.29, 1.82) is 0 Å². The molecule has 0 amide bonds. The SMILES string of the molecule is CC(C)(C)c1ncc(CNCC(C)(C)c2cccs2)s1. The van der Waals surface area contributed by atoms with Gasteiger partial charge in [-0.05, 0) is 11.4 Å². The molecule has 0 aromatic carbocycles. The van der Waals surface area contributed by atoms with Crippen molar-refractivity contribution < 1.29 is 0 Å². The van der Waals surface area contributed by atoms with Gasteiger partial charge in [0.1, 0.15) is 0 Å². The Morgan fingerprint density at radius 2 is 1.95 bits per heavy atom. The Hall–Kier alpha value is -0.710. The van der Waals surface area contributed by atoms with Gasteiger partial charge in [0.05, 0.1) is 5.01 Å². The zero-order chi connectivity index (χ0) is 14.8. The van der Waals surface area contributed by atoms with E-state index in [-0.39, 0.29) is 10.8 Å². The molecule has 0 aliphatic rings. The summed E-state index contributed by atoms with van der Waals surface area (Å²) in [4.78, 5) is 7.28. The average molecular weight is 309 g/mol. The van der Waals surface area contributed by atoms with E-state index in [0.717, 1.165) is 13.1 Å². The van der Waals surface area contributed by atoms with Crippen molar-refractivity contribution in [1.82, 2.24) is 10.3 Å². The Kier molecular flexibility index (Phi) is 4.67. The minimum atomic E-state index is 0.152. The highest BCUT2D eigenvalue weighted by Gasteiger charge is 2.22. The van der Waals surface area contributed by atoms with E-state index in [4.69, 9.17) is 0 Å². The van der Waals surface area contributed by atoms with Crippen molar-refractivity contribution in [3.63, 3.8) is 0 Å². The third-order valence-electron chi connectivity index (χ3n) is 3.25. The molecule has 2 aromatic rings. The molecule has 0 unspecified atom stereocenters. The molecule has 0 bridgehead atoms. The highest BCUT2D eigenvalue weighted by atomic mass is 32.1. The molecule has 0 fully saturated rings. The first-order chi connectivity index (χ1) is 9.29. The predicted octanol–water partition coefficient (Wildman–Crippen LogP) is 4.57. The molecular formula is C16H24N2S2. The molecule has 4 heteroatoms. The normalized spacial score (nSPS) is 12.8. The molecule has 2 heterocycles. The molecule has 0 radical (unpaired) electrons. The summed E-state index contributed by atoms with van der Waals surface area (Å²) in [5.41, 5.74) is 0.338. The summed E-state index contributed by atoms with van der Waals surface area (Å²) in [7, 11) is 0. The largest absolute Gasteiger partial charge is 0.311 e. The number of nitrogens with one attached hydrogen (secondary N) is 1. The summed E-state index contributed by atoms with van der Waals surface area (Å²) in [5, 5.41) is 6.94. The Bertz CT molecular complexity index is 533. The fourth-order valence-electron chi connectivity index (χ4n) is 1.98. The monoisotopic (exact) mass is 308 g/mol. The van der Waals surface area contributed by atoms with Crippen LogP contribution in [0.5, 0.6) is 0 Å². The summed E-state index contributed by atoms with van der Waals surface area (Å²) in [6, 6.07) is 4.34. The number of hydrogen-bond donors (Lipinski definition) is 1. The standard InChI is InChI=1S/C16H24N2S2/c1-15(2,3)14-18-10-12(20-14)9-17-11-16(4,5)13-7-6-8-19-13/h6-8,10,17H,9,11H2,1-5H3. The van der Waals surface area contributed by atoms with Gasteiger partial charge < -0.3 is 5.32 Å². The first-order valence-electron chi connectivity index (χ1n) is 6.99. The Morgan fingerprint density at radius 3 is 2.50 bits per heavy atom. The molecule has 0 spiro atoms. The topological polar surface area (TPSA) is 24.9 Å². The van der Waals surface area contributed by atoms with Crippen LogP contribution in [0.3, 0.4) is 0 Å². The van der Waals surface area contributed by atoms with E-state index < -0.39 is 0 Å². The minimum absolute atomic E-state index is 0.152. The third kappa shape index (κ3) is 3.90. The average Bonchev–Trinajstić information content (AvgIpc) is 2.99. The fraction of sp³-hybridized carbons (Fsp3) is 0.562. The molecule has 1 N–H and O–H groups in total. The molecule has 0 atom stereocenters. The minimum Gasteiger partial charge on any atom is -0.311 e. The van der Waals surface area contributed by atoms with Gasteiger partial charge >= 0.3 is 0 Å². The van der Waals surface area contributed by atoms with Crippen LogP contribution in [0.1, 0.15) is 49.4 Å². The molecule has 2 nitrogen and oxygen atoms in total. The van der Waals surface area contributed by atoms with Crippen LogP contribution >= 0.6 is 22.7 Å². The van der Waals surface area contributed by atoms with Gasteiger partial charge in [-0.1, -0.05) is 40.7 Å². The molecule has 2 rings (SSSR count). The second-order valence-electron chi connectivity index (χ2n) is 6.85. The zero-order valence-corrected chi connectivity index (χ0v) is 14.6. The maximum atomic E-state index is 4.53. The van der Waals surface area contributed by atoms with E-state index in [1.807, 2.05) is 28.9 Å². The van der Waals surface area contributed by atoms with Crippen LogP contribution in [0, 0.1) is 0 Å². The summed E-state index contributed by atoms with van der Waals surface area (Å²) < 4.78 is 0. The first-order valence-corrected chi connectivity index (χ1v) is 8.68. The molecule has 110 valence electrons. The lowest BCUT2D eigenvalue weighted by molar-refractivity contribution is 0.478. The van der Waals surface area contributed by atoms with Gasteiger partial charge in [-0.3, -0.25) is 0 Å². The Labute approximate surface area is 130 Å². The van der Waals surface area contributed by atoms with Gasteiger partial charge in [0, 0.05) is 39.9 Å². The quantitative estimate of drug-likeness (QED) is 0.875. The van der Waals surface area contributed by atoms with Crippen molar-refractivity contribution in [2.75, 3.05) is 6.54 Å². The second kappa shape index (κ2) is 5.96. The van der Waals surface area contributed by atoms with E-state index in [0.29, 0.717) is 0 Å². The highest BCUT2D eigenvalue weighted by molar-refractivity contribution is 7.11. The van der Waals surface area contributed by atoms with E-state index in [1.54, 1.807) is 0 Å². The number of thiazole rings is 1. The van der Waals surface area contributed by atoms with Gasteiger partial charge in [0.25, 0.3) is 0 Å². The van der Waals surface area contributed by atoms with E-state index in [2.05, 4.69) is 62.4 Å². The zero-order valence-electron chi connectivity index (χ0n) is 13.0. The molecule has 2 aromatic heterocycles. The highest BCUT2D eigenvalue weighted by Crippen LogP contribution is 2.28. The predicted molar refractivity (Wildman–Crippen MR) is 89.9 cm³/mol. The van der Waals surface area contributed by atoms with Crippen LogP contribution in [-0.4, -0.2) is 11.5 Å². The lowest BCUT2D eigenvalue weighted by Crippen LogP contribution is -2.31. The number of thiophene rings is 1. The maximum Gasteiger partial charge on any atom is 0.0981 e. The maximum absolute atomic E-state index is 4.53. The second-order valence-corrected chi connectivity index (χ2v) is 8.91. The molecule has 0 saturated carbocycles. The first kappa shape index (κ1) is 15.7. The van der Waals surface area contributed by atoms with Gasteiger partial charge in [-0.25, -0.2) is 4.98 Å². The van der Waals surface area contributed by atoms with E-state index in [1.165, 1.54) is 14.8 Å².